The Labute approximate surface area is 112 Å². The Hall–Kier alpha value is -2.11. The molecule has 2 heterocycles. The van der Waals surface area contributed by atoms with Crippen molar-refractivity contribution in [2.24, 2.45) is 0 Å². The number of hydrogen-bond acceptors (Lipinski definition) is 6. The third-order valence-corrected chi connectivity index (χ3v) is 2.73. The molecule has 0 atom stereocenters. The van der Waals surface area contributed by atoms with E-state index in [1.54, 1.807) is 6.07 Å². The van der Waals surface area contributed by atoms with Crippen LogP contribution < -0.4 is 10.1 Å². The predicted octanol–water partition coefficient (Wildman–Crippen LogP) is 2.40. The van der Waals surface area contributed by atoms with Gasteiger partial charge in [0, 0.05) is 18.2 Å². The van der Waals surface area contributed by atoms with Gasteiger partial charge in [-0.2, -0.15) is 4.98 Å². The number of anilines is 1. The van der Waals surface area contributed by atoms with E-state index in [4.69, 9.17) is 9.26 Å². The molecule has 0 saturated heterocycles. The van der Waals surface area contributed by atoms with Gasteiger partial charge in [-0.3, -0.25) is 0 Å². The van der Waals surface area contributed by atoms with Gasteiger partial charge in [0.25, 0.3) is 0 Å². The molecule has 1 N–H and O–H groups in total. The molecule has 0 amide bonds. The summed E-state index contributed by atoms with van der Waals surface area (Å²) in [5, 5.41) is 7.16. The van der Waals surface area contributed by atoms with Crippen LogP contribution in [0.3, 0.4) is 0 Å². The Morgan fingerprint density at radius 1 is 1.26 bits per heavy atom. The van der Waals surface area contributed by atoms with Crippen LogP contribution in [0.2, 0.25) is 0 Å². The van der Waals surface area contributed by atoms with Crippen LogP contribution in [0.15, 0.2) is 10.6 Å². The summed E-state index contributed by atoms with van der Waals surface area (Å²) in [4.78, 5) is 8.52. The first kappa shape index (κ1) is 13.3. The molecule has 0 spiro atoms. The molecular formula is C13H18N4O2. The fourth-order valence-corrected chi connectivity index (χ4v) is 1.79. The molecule has 6 nitrogen and oxygen atoms in total. The van der Waals surface area contributed by atoms with E-state index in [1.807, 2.05) is 27.7 Å². The lowest BCUT2D eigenvalue weighted by atomic mass is 10.2. The van der Waals surface area contributed by atoms with E-state index in [9.17, 15) is 0 Å². The Bertz CT molecular complexity index is 546. The third kappa shape index (κ3) is 3.21. The molecule has 2 aromatic heterocycles. The van der Waals surface area contributed by atoms with Crippen molar-refractivity contribution in [3.63, 3.8) is 0 Å². The van der Waals surface area contributed by atoms with E-state index in [-0.39, 0.29) is 0 Å². The molecule has 2 aromatic rings. The third-order valence-electron chi connectivity index (χ3n) is 2.73. The molecule has 19 heavy (non-hydrogen) atoms. The summed E-state index contributed by atoms with van der Waals surface area (Å²) >= 11 is 0. The van der Waals surface area contributed by atoms with Gasteiger partial charge >= 0.3 is 0 Å². The number of nitrogens with one attached hydrogen (secondary N) is 1. The zero-order valence-electron chi connectivity index (χ0n) is 11.6. The molecule has 0 aliphatic rings. The molecule has 0 aromatic carbocycles. The topological polar surface area (TPSA) is 73.1 Å². The van der Waals surface area contributed by atoms with Crippen molar-refractivity contribution in [2.75, 3.05) is 11.9 Å². The molecule has 2 rings (SSSR count). The number of hydrogen-bond donors (Lipinski definition) is 1. The highest BCUT2D eigenvalue weighted by molar-refractivity contribution is 5.40. The van der Waals surface area contributed by atoms with E-state index >= 15 is 0 Å². The van der Waals surface area contributed by atoms with Crippen LogP contribution in [0, 0.1) is 20.8 Å². The van der Waals surface area contributed by atoms with E-state index in [0.29, 0.717) is 24.9 Å². The quantitative estimate of drug-likeness (QED) is 0.892. The summed E-state index contributed by atoms with van der Waals surface area (Å²) in [6.07, 6.45) is 0. The van der Waals surface area contributed by atoms with Crippen LogP contribution in [0.1, 0.15) is 29.8 Å². The first-order valence-electron chi connectivity index (χ1n) is 6.24. The van der Waals surface area contributed by atoms with Gasteiger partial charge in [0.2, 0.25) is 5.88 Å². The molecular weight excluding hydrogens is 244 g/mol. The van der Waals surface area contributed by atoms with E-state index < -0.39 is 0 Å². The fourth-order valence-electron chi connectivity index (χ4n) is 1.79. The molecule has 0 fully saturated rings. The van der Waals surface area contributed by atoms with Crippen molar-refractivity contribution in [1.29, 1.82) is 0 Å². The molecule has 0 radical (unpaired) electrons. The molecule has 0 bridgehead atoms. The Kier molecular flexibility index (Phi) is 3.99. The highest BCUT2D eigenvalue weighted by Gasteiger charge is 2.09. The van der Waals surface area contributed by atoms with E-state index in [2.05, 4.69) is 20.4 Å². The van der Waals surface area contributed by atoms with Gasteiger partial charge in [-0.05, 0) is 27.7 Å². The maximum absolute atomic E-state index is 5.39. The van der Waals surface area contributed by atoms with Gasteiger partial charge < -0.3 is 14.6 Å². The van der Waals surface area contributed by atoms with Crippen molar-refractivity contribution in [1.82, 2.24) is 15.1 Å². The first-order chi connectivity index (χ1) is 9.10. The first-order valence-corrected chi connectivity index (χ1v) is 6.24. The van der Waals surface area contributed by atoms with Crippen LogP contribution in [-0.4, -0.2) is 21.7 Å². The average molecular weight is 262 g/mol. The maximum Gasteiger partial charge on any atom is 0.218 e. The minimum absolute atomic E-state index is 0.580. The van der Waals surface area contributed by atoms with Gasteiger partial charge in [0.1, 0.15) is 17.4 Å². The minimum Gasteiger partial charge on any atom is -0.478 e. The molecule has 102 valence electrons. The fraction of sp³-hybridized carbons (Fsp3) is 0.462. The second kappa shape index (κ2) is 5.69. The minimum atomic E-state index is 0.580. The van der Waals surface area contributed by atoms with Gasteiger partial charge in [-0.1, -0.05) is 5.16 Å². The molecule has 0 aliphatic carbocycles. The molecule has 0 aliphatic heterocycles. The van der Waals surface area contributed by atoms with Crippen LogP contribution in [-0.2, 0) is 6.54 Å². The zero-order valence-corrected chi connectivity index (χ0v) is 11.6. The molecule has 0 saturated carbocycles. The highest BCUT2D eigenvalue weighted by Crippen LogP contribution is 2.17. The van der Waals surface area contributed by atoms with Crippen molar-refractivity contribution >= 4 is 5.82 Å². The monoisotopic (exact) mass is 262 g/mol. The summed E-state index contributed by atoms with van der Waals surface area (Å²) in [6.45, 7) is 8.78. The van der Waals surface area contributed by atoms with Crippen LogP contribution in [0.4, 0.5) is 5.82 Å². The van der Waals surface area contributed by atoms with Gasteiger partial charge in [0.15, 0.2) is 0 Å². The Morgan fingerprint density at radius 3 is 2.68 bits per heavy atom. The van der Waals surface area contributed by atoms with Crippen molar-refractivity contribution in [3.05, 3.63) is 28.9 Å². The van der Waals surface area contributed by atoms with Crippen LogP contribution in [0.25, 0.3) is 0 Å². The van der Waals surface area contributed by atoms with Crippen molar-refractivity contribution in [2.45, 2.75) is 34.2 Å². The summed E-state index contributed by atoms with van der Waals surface area (Å²) in [5.74, 6) is 2.81. The standard InChI is InChI=1S/C13H18N4O2/c1-5-18-13-6-12(15-10(4)16-13)14-7-11-8(2)17-19-9(11)3/h6H,5,7H2,1-4H3,(H,14,15,16). The van der Waals surface area contributed by atoms with Crippen molar-refractivity contribution in [3.8, 4) is 5.88 Å². The highest BCUT2D eigenvalue weighted by atomic mass is 16.5. The summed E-state index contributed by atoms with van der Waals surface area (Å²) in [5.41, 5.74) is 1.94. The normalized spacial score (nSPS) is 10.5. The molecule has 0 unspecified atom stereocenters. The second-order valence-electron chi connectivity index (χ2n) is 4.23. The lowest BCUT2D eigenvalue weighted by Crippen LogP contribution is -2.06. The summed E-state index contributed by atoms with van der Waals surface area (Å²) < 4.78 is 10.5. The zero-order chi connectivity index (χ0) is 13.8. The number of ether oxygens (including phenoxy) is 1. The predicted molar refractivity (Wildman–Crippen MR) is 71.2 cm³/mol. The lowest BCUT2D eigenvalue weighted by molar-refractivity contribution is 0.325. The summed E-state index contributed by atoms with van der Waals surface area (Å²) in [6, 6.07) is 1.79. The second-order valence-corrected chi connectivity index (χ2v) is 4.23. The van der Waals surface area contributed by atoms with Gasteiger partial charge in [0.05, 0.1) is 12.3 Å². The summed E-state index contributed by atoms with van der Waals surface area (Å²) in [7, 11) is 0. The van der Waals surface area contributed by atoms with Gasteiger partial charge in [-0.15, -0.1) is 0 Å². The number of rotatable bonds is 5. The number of nitrogens with zero attached hydrogens (tertiary/aromatic N) is 3. The van der Waals surface area contributed by atoms with E-state index in [0.717, 1.165) is 22.8 Å². The van der Waals surface area contributed by atoms with Crippen molar-refractivity contribution < 1.29 is 9.26 Å². The number of aromatic nitrogens is 3. The SMILES string of the molecule is CCOc1cc(NCc2c(C)noc2C)nc(C)n1. The maximum atomic E-state index is 5.39. The Morgan fingerprint density at radius 2 is 2.05 bits per heavy atom. The molecule has 6 heteroatoms. The lowest BCUT2D eigenvalue weighted by Gasteiger charge is -2.08. The average Bonchev–Trinajstić information content (AvgIpc) is 2.66. The smallest absolute Gasteiger partial charge is 0.218 e. The van der Waals surface area contributed by atoms with Crippen LogP contribution in [0.5, 0.6) is 5.88 Å². The Balaban J connectivity index is 2.11. The number of aryl methyl sites for hydroxylation is 3. The van der Waals surface area contributed by atoms with Gasteiger partial charge in [-0.25, -0.2) is 4.98 Å². The van der Waals surface area contributed by atoms with E-state index in [1.165, 1.54) is 0 Å². The largest absolute Gasteiger partial charge is 0.478 e. The van der Waals surface area contributed by atoms with Crippen LogP contribution >= 0.6 is 0 Å².